The number of rotatable bonds is 16. The summed E-state index contributed by atoms with van der Waals surface area (Å²) in [6, 6.07) is 12.6. The van der Waals surface area contributed by atoms with Crippen molar-refractivity contribution in [2.45, 2.75) is 105 Å². The van der Waals surface area contributed by atoms with Gasteiger partial charge in [-0.05, 0) is 76.9 Å². The first kappa shape index (κ1) is 31.6. The zero-order valence-electron chi connectivity index (χ0n) is 25.2. The second kappa shape index (κ2) is 15.2. The van der Waals surface area contributed by atoms with Crippen LogP contribution in [0.5, 0.6) is 0 Å². The molecule has 0 spiro atoms. The zero-order chi connectivity index (χ0) is 29.2. The van der Waals surface area contributed by atoms with Gasteiger partial charge >= 0.3 is 5.97 Å². The Morgan fingerprint density at radius 3 is 2.02 bits per heavy atom. The normalized spacial score (nSPS) is 13.2. The van der Waals surface area contributed by atoms with Crippen molar-refractivity contribution in [3.63, 3.8) is 0 Å². The Morgan fingerprint density at radius 2 is 1.48 bits per heavy atom. The van der Waals surface area contributed by atoms with Gasteiger partial charge in [-0.2, -0.15) is 0 Å². The highest BCUT2D eigenvalue weighted by molar-refractivity contribution is 6.17. The highest BCUT2D eigenvalue weighted by Gasteiger charge is 2.26. The number of nitrogens with zero attached hydrogens (tertiary/aromatic N) is 1. The lowest BCUT2D eigenvalue weighted by atomic mass is 9.94. The molecule has 6 nitrogen and oxygen atoms in total. The summed E-state index contributed by atoms with van der Waals surface area (Å²) in [5, 5.41) is 11.4. The first-order chi connectivity index (χ1) is 19.2. The predicted molar refractivity (Wildman–Crippen MR) is 161 cm³/mol. The van der Waals surface area contributed by atoms with Gasteiger partial charge in [0.25, 0.3) is 0 Å². The molecule has 0 saturated carbocycles. The van der Waals surface area contributed by atoms with Crippen molar-refractivity contribution in [3.8, 4) is 0 Å². The molecule has 0 saturated heterocycles. The maximum absolute atomic E-state index is 14.0. The van der Waals surface area contributed by atoms with Gasteiger partial charge in [0.15, 0.2) is 5.78 Å². The Morgan fingerprint density at radius 1 is 0.875 bits per heavy atom. The summed E-state index contributed by atoms with van der Waals surface area (Å²) >= 11 is 0. The number of ether oxygens (including phenoxy) is 1. The average Bonchev–Trinajstić information content (AvgIpc) is 3.30. The number of fused-ring (bicyclic) bond motifs is 1. The molecular formula is C34H47NO5. The molecule has 0 aliphatic rings. The summed E-state index contributed by atoms with van der Waals surface area (Å²) in [4.78, 5) is 28.9. The fraction of sp³-hybridized carbons (Fsp3) is 0.529. The largest absolute Gasteiger partial charge is 0.460 e. The number of furan rings is 1. The predicted octanol–water partition coefficient (Wildman–Crippen LogP) is 7.90. The molecule has 6 heteroatoms. The van der Waals surface area contributed by atoms with Crippen LogP contribution in [-0.2, 0) is 11.2 Å². The van der Waals surface area contributed by atoms with E-state index in [1.807, 2.05) is 45.0 Å². The molecule has 0 radical (unpaired) electrons. The average molecular weight is 550 g/mol. The number of carbonyl (C=O) groups excluding carboxylic acids is 2. The lowest BCUT2D eigenvalue weighted by Gasteiger charge is -2.34. The summed E-state index contributed by atoms with van der Waals surface area (Å²) in [5.41, 5.74) is 3.05. The molecule has 1 N–H and O–H groups in total. The molecule has 40 heavy (non-hydrogen) atoms. The Bertz CT molecular complexity index is 1230. The molecule has 0 aliphatic heterocycles. The summed E-state index contributed by atoms with van der Waals surface area (Å²) < 4.78 is 11.5. The van der Waals surface area contributed by atoms with E-state index in [2.05, 4.69) is 25.7 Å². The van der Waals surface area contributed by atoms with Gasteiger partial charge in [-0.15, -0.1) is 0 Å². The maximum Gasteiger partial charge on any atom is 0.338 e. The Labute approximate surface area is 239 Å². The van der Waals surface area contributed by atoms with Gasteiger partial charge in [0.2, 0.25) is 0 Å². The van der Waals surface area contributed by atoms with Crippen LogP contribution in [-0.4, -0.2) is 47.1 Å². The number of benzene rings is 2. The molecule has 1 aromatic heterocycles. The molecule has 218 valence electrons. The van der Waals surface area contributed by atoms with E-state index in [0.29, 0.717) is 39.8 Å². The molecule has 1 heterocycles. The molecular weight excluding hydrogens is 502 g/mol. The molecule has 2 aromatic carbocycles. The van der Waals surface area contributed by atoms with E-state index in [1.165, 1.54) is 0 Å². The number of hydrogen-bond donors (Lipinski definition) is 1. The second-order valence-electron chi connectivity index (χ2n) is 11.0. The fourth-order valence-corrected chi connectivity index (χ4v) is 5.20. The third-order valence-electron chi connectivity index (χ3n) is 7.29. The van der Waals surface area contributed by atoms with Crippen LogP contribution in [0.25, 0.3) is 11.0 Å². The molecule has 2 atom stereocenters. The monoisotopic (exact) mass is 549 g/mol. The van der Waals surface area contributed by atoms with E-state index in [4.69, 9.17) is 9.15 Å². The molecule has 0 amide bonds. The lowest BCUT2D eigenvalue weighted by molar-refractivity contribution is 0.0378. The van der Waals surface area contributed by atoms with E-state index in [9.17, 15) is 14.7 Å². The van der Waals surface area contributed by atoms with Crippen molar-refractivity contribution in [2.24, 2.45) is 0 Å². The topological polar surface area (TPSA) is 80.0 Å². The van der Waals surface area contributed by atoms with Gasteiger partial charge in [0.1, 0.15) is 11.3 Å². The van der Waals surface area contributed by atoms with Crippen molar-refractivity contribution in [1.82, 2.24) is 4.90 Å². The van der Waals surface area contributed by atoms with Crippen LogP contribution in [0.4, 0.5) is 0 Å². The smallest absolute Gasteiger partial charge is 0.338 e. The SMILES string of the molecule is CCCCc1oc2ccc(C(=O)OC(C)C)cc2c1C(=O)c1ccc(C(C(C)O)N(CCCC)CCCC)cc1. The molecule has 3 aromatic rings. The number of aliphatic hydroxyl groups is 1. The third-order valence-corrected chi connectivity index (χ3v) is 7.29. The summed E-state index contributed by atoms with van der Waals surface area (Å²) in [6.45, 7) is 13.8. The van der Waals surface area contributed by atoms with Crippen molar-refractivity contribution in [1.29, 1.82) is 0 Å². The van der Waals surface area contributed by atoms with Gasteiger partial charge in [-0.25, -0.2) is 4.79 Å². The molecule has 2 unspecified atom stereocenters. The van der Waals surface area contributed by atoms with Crippen LogP contribution in [0.1, 0.15) is 124 Å². The van der Waals surface area contributed by atoms with Crippen molar-refractivity contribution >= 4 is 22.7 Å². The molecule has 3 rings (SSSR count). The van der Waals surface area contributed by atoms with Crippen LogP contribution in [0.3, 0.4) is 0 Å². The van der Waals surface area contributed by atoms with Gasteiger partial charge in [0.05, 0.1) is 29.4 Å². The van der Waals surface area contributed by atoms with Crippen LogP contribution in [0.2, 0.25) is 0 Å². The number of carbonyl (C=O) groups is 2. The van der Waals surface area contributed by atoms with Crippen molar-refractivity contribution in [3.05, 3.63) is 70.5 Å². The number of aryl methyl sites for hydroxylation is 1. The first-order valence-corrected chi connectivity index (χ1v) is 15.0. The Hall–Kier alpha value is -2.96. The molecule has 0 bridgehead atoms. The quantitative estimate of drug-likeness (QED) is 0.145. The van der Waals surface area contributed by atoms with Crippen LogP contribution in [0.15, 0.2) is 46.9 Å². The van der Waals surface area contributed by atoms with Crippen molar-refractivity contribution < 1.29 is 23.8 Å². The van der Waals surface area contributed by atoms with Gasteiger partial charge in [0, 0.05) is 17.4 Å². The van der Waals surface area contributed by atoms with E-state index in [-0.39, 0.29) is 17.9 Å². The number of unbranched alkanes of at least 4 members (excludes halogenated alkanes) is 3. The van der Waals surface area contributed by atoms with E-state index in [1.54, 1.807) is 18.2 Å². The minimum atomic E-state index is -0.544. The summed E-state index contributed by atoms with van der Waals surface area (Å²) in [6.07, 6.45) is 6.06. The summed E-state index contributed by atoms with van der Waals surface area (Å²) in [5.74, 6) is 0.0940. The highest BCUT2D eigenvalue weighted by atomic mass is 16.5. The van der Waals surface area contributed by atoms with Crippen molar-refractivity contribution in [2.75, 3.05) is 13.1 Å². The molecule has 0 aliphatic carbocycles. The van der Waals surface area contributed by atoms with E-state index >= 15 is 0 Å². The van der Waals surface area contributed by atoms with E-state index in [0.717, 1.165) is 57.2 Å². The van der Waals surface area contributed by atoms with Gasteiger partial charge in [-0.3, -0.25) is 9.69 Å². The summed E-state index contributed by atoms with van der Waals surface area (Å²) in [7, 11) is 0. The van der Waals surface area contributed by atoms with Crippen LogP contribution in [0, 0.1) is 0 Å². The highest BCUT2D eigenvalue weighted by Crippen LogP contribution is 2.32. The maximum atomic E-state index is 14.0. The van der Waals surface area contributed by atoms with Gasteiger partial charge in [-0.1, -0.05) is 64.3 Å². The number of hydrogen-bond acceptors (Lipinski definition) is 6. The van der Waals surface area contributed by atoms with Crippen LogP contribution < -0.4 is 0 Å². The molecule has 0 fully saturated rings. The number of esters is 1. The number of aliphatic hydroxyl groups excluding tert-OH is 1. The minimum Gasteiger partial charge on any atom is -0.460 e. The van der Waals surface area contributed by atoms with Gasteiger partial charge < -0.3 is 14.3 Å². The zero-order valence-corrected chi connectivity index (χ0v) is 25.2. The van der Waals surface area contributed by atoms with E-state index < -0.39 is 12.1 Å². The standard InChI is InChI=1S/C34H47NO5/c1-7-10-13-30-31(28-22-27(18-19-29(28)40-30)34(38)39-23(4)5)33(37)26-16-14-25(15-17-26)32(24(6)36)35(20-11-8-2)21-12-9-3/h14-19,22-24,32,36H,7-13,20-21H2,1-6H3. The lowest BCUT2D eigenvalue weighted by Crippen LogP contribution is -2.37. The second-order valence-corrected chi connectivity index (χ2v) is 11.0. The third kappa shape index (κ3) is 7.82. The fourth-order valence-electron chi connectivity index (χ4n) is 5.20. The first-order valence-electron chi connectivity index (χ1n) is 15.0. The Balaban J connectivity index is 1.99. The van der Waals surface area contributed by atoms with Crippen LogP contribution >= 0.6 is 0 Å². The Kier molecular flexibility index (Phi) is 12.0. The minimum absolute atomic E-state index is 0.131. The number of ketones is 1.